The van der Waals surface area contributed by atoms with Crippen molar-refractivity contribution in [3.05, 3.63) is 29.3 Å². The van der Waals surface area contributed by atoms with Crippen LogP contribution in [0, 0.1) is 5.92 Å². The first-order valence-corrected chi connectivity index (χ1v) is 6.09. The molecule has 1 aliphatic rings. The van der Waals surface area contributed by atoms with E-state index in [1.807, 2.05) is 24.3 Å². The van der Waals surface area contributed by atoms with Gasteiger partial charge in [-0.15, -0.1) is 0 Å². The maximum Gasteiger partial charge on any atom is 0.185 e. The van der Waals surface area contributed by atoms with Crippen molar-refractivity contribution in [3.8, 4) is 0 Å². The lowest BCUT2D eigenvalue weighted by atomic mass is 10.1. The summed E-state index contributed by atoms with van der Waals surface area (Å²) in [6.07, 6.45) is 1.12. The molecule has 1 aromatic rings. The second-order valence-electron chi connectivity index (χ2n) is 4.34. The molecule has 17 heavy (non-hydrogen) atoms. The highest BCUT2D eigenvalue weighted by Gasteiger charge is 2.22. The fraction of sp³-hybridized carbons (Fsp3) is 0.417. The van der Waals surface area contributed by atoms with Crippen LogP contribution in [0.3, 0.4) is 0 Å². The summed E-state index contributed by atoms with van der Waals surface area (Å²) in [6.45, 7) is 2.76. The van der Waals surface area contributed by atoms with Gasteiger partial charge in [0.2, 0.25) is 0 Å². The molecular formula is C12H17ClN4. The number of hydrogen-bond donors (Lipinski definition) is 2. The average Bonchev–Trinajstić information content (AvgIpc) is 2.76. The van der Waals surface area contributed by atoms with Crippen molar-refractivity contribution >= 4 is 23.2 Å². The Balaban J connectivity index is 1.93. The molecule has 1 fully saturated rings. The summed E-state index contributed by atoms with van der Waals surface area (Å²) in [5.74, 6) is 0.711. The molecule has 1 heterocycles. The molecule has 0 aliphatic carbocycles. The van der Waals surface area contributed by atoms with Crippen LogP contribution >= 0.6 is 11.6 Å². The molecule has 1 aliphatic heterocycles. The predicted molar refractivity (Wildman–Crippen MR) is 72.4 cm³/mol. The predicted octanol–water partition coefficient (Wildman–Crippen LogP) is 1.44. The lowest BCUT2D eigenvalue weighted by molar-refractivity contribution is 0.603. The number of anilines is 1. The minimum absolute atomic E-state index is 0.176. The quantitative estimate of drug-likeness (QED) is 0.632. The number of rotatable bonds is 3. The highest BCUT2D eigenvalue weighted by molar-refractivity contribution is 6.30. The zero-order valence-corrected chi connectivity index (χ0v) is 10.4. The zero-order chi connectivity index (χ0) is 12.3. The number of benzene rings is 1. The first-order valence-electron chi connectivity index (χ1n) is 5.71. The van der Waals surface area contributed by atoms with Gasteiger partial charge in [-0.1, -0.05) is 11.6 Å². The van der Waals surface area contributed by atoms with Crippen LogP contribution in [0.2, 0.25) is 5.02 Å². The van der Waals surface area contributed by atoms with Gasteiger partial charge >= 0.3 is 0 Å². The van der Waals surface area contributed by atoms with Crippen molar-refractivity contribution in [2.45, 2.75) is 6.42 Å². The number of nitrogens with zero attached hydrogens (tertiary/aromatic N) is 2. The van der Waals surface area contributed by atoms with Crippen molar-refractivity contribution in [1.82, 2.24) is 0 Å². The Labute approximate surface area is 106 Å². The third-order valence-electron chi connectivity index (χ3n) is 3.01. The summed E-state index contributed by atoms with van der Waals surface area (Å²) in [5.41, 5.74) is 11.9. The van der Waals surface area contributed by atoms with E-state index in [9.17, 15) is 0 Å². The highest BCUT2D eigenvalue weighted by atomic mass is 35.5. The SMILES string of the molecule is NC(N)=NCC1CCN(c2ccc(Cl)cc2)C1. The molecule has 1 atom stereocenters. The van der Waals surface area contributed by atoms with E-state index in [0.29, 0.717) is 12.5 Å². The molecule has 1 aromatic carbocycles. The molecule has 0 saturated carbocycles. The first kappa shape index (κ1) is 12.0. The minimum Gasteiger partial charge on any atom is -0.371 e. The van der Waals surface area contributed by atoms with Crippen molar-refractivity contribution in [2.75, 3.05) is 24.5 Å². The Morgan fingerprint density at radius 1 is 1.35 bits per heavy atom. The minimum atomic E-state index is 0.176. The third kappa shape index (κ3) is 3.27. The van der Waals surface area contributed by atoms with Crippen molar-refractivity contribution in [3.63, 3.8) is 0 Å². The largest absolute Gasteiger partial charge is 0.371 e. The summed E-state index contributed by atoms with van der Waals surface area (Å²) in [7, 11) is 0. The summed E-state index contributed by atoms with van der Waals surface area (Å²) < 4.78 is 0. The smallest absolute Gasteiger partial charge is 0.185 e. The van der Waals surface area contributed by atoms with Crippen molar-refractivity contribution < 1.29 is 0 Å². The Kier molecular flexibility index (Phi) is 3.74. The molecule has 92 valence electrons. The van der Waals surface area contributed by atoms with Gasteiger partial charge in [0, 0.05) is 30.3 Å². The lowest BCUT2D eigenvalue weighted by Gasteiger charge is -2.18. The van der Waals surface area contributed by atoms with Crippen LogP contribution in [-0.4, -0.2) is 25.6 Å². The van der Waals surface area contributed by atoms with Crippen molar-refractivity contribution in [2.24, 2.45) is 22.4 Å². The van der Waals surface area contributed by atoms with E-state index in [2.05, 4.69) is 9.89 Å². The van der Waals surface area contributed by atoms with Crippen LogP contribution in [0.5, 0.6) is 0 Å². The molecule has 0 bridgehead atoms. The van der Waals surface area contributed by atoms with Crippen LogP contribution in [-0.2, 0) is 0 Å². The molecule has 2 rings (SSSR count). The van der Waals surface area contributed by atoms with E-state index in [-0.39, 0.29) is 5.96 Å². The van der Waals surface area contributed by atoms with Gasteiger partial charge in [-0.25, -0.2) is 0 Å². The lowest BCUT2D eigenvalue weighted by Crippen LogP contribution is -2.25. The van der Waals surface area contributed by atoms with Gasteiger partial charge in [0.1, 0.15) is 0 Å². The molecule has 1 unspecified atom stereocenters. The van der Waals surface area contributed by atoms with E-state index in [1.54, 1.807) is 0 Å². The van der Waals surface area contributed by atoms with E-state index in [4.69, 9.17) is 23.1 Å². The second kappa shape index (κ2) is 5.27. The van der Waals surface area contributed by atoms with E-state index >= 15 is 0 Å². The first-order chi connectivity index (χ1) is 8.15. The Hall–Kier alpha value is -1.42. The van der Waals surface area contributed by atoms with Gasteiger partial charge in [0.15, 0.2) is 5.96 Å². The molecule has 5 heteroatoms. The summed E-state index contributed by atoms with van der Waals surface area (Å²) in [5, 5.41) is 0.769. The highest BCUT2D eigenvalue weighted by Crippen LogP contribution is 2.25. The molecule has 0 spiro atoms. The zero-order valence-electron chi connectivity index (χ0n) is 9.64. The van der Waals surface area contributed by atoms with Gasteiger partial charge < -0.3 is 16.4 Å². The van der Waals surface area contributed by atoms with E-state index < -0.39 is 0 Å². The summed E-state index contributed by atoms with van der Waals surface area (Å²) in [4.78, 5) is 6.41. The van der Waals surface area contributed by atoms with Gasteiger partial charge in [0.25, 0.3) is 0 Å². The monoisotopic (exact) mass is 252 g/mol. The maximum absolute atomic E-state index is 5.87. The van der Waals surface area contributed by atoms with E-state index in [0.717, 1.165) is 24.5 Å². The average molecular weight is 253 g/mol. The van der Waals surface area contributed by atoms with Gasteiger partial charge in [-0.05, 0) is 36.6 Å². The fourth-order valence-corrected chi connectivity index (χ4v) is 2.23. The van der Waals surface area contributed by atoms with Crippen LogP contribution in [0.1, 0.15) is 6.42 Å². The molecular weight excluding hydrogens is 236 g/mol. The van der Waals surface area contributed by atoms with Gasteiger partial charge in [-0.3, -0.25) is 4.99 Å². The fourth-order valence-electron chi connectivity index (χ4n) is 2.10. The molecule has 0 amide bonds. The van der Waals surface area contributed by atoms with Crippen LogP contribution in [0.15, 0.2) is 29.3 Å². The molecule has 0 radical (unpaired) electrons. The summed E-state index contributed by atoms with van der Waals surface area (Å²) >= 11 is 5.87. The normalized spacial score (nSPS) is 19.4. The van der Waals surface area contributed by atoms with Crippen LogP contribution < -0.4 is 16.4 Å². The third-order valence-corrected chi connectivity index (χ3v) is 3.26. The topological polar surface area (TPSA) is 67.6 Å². The van der Waals surface area contributed by atoms with Gasteiger partial charge in [0.05, 0.1) is 0 Å². The summed E-state index contributed by atoms with van der Waals surface area (Å²) in [6, 6.07) is 7.93. The molecule has 4 N–H and O–H groups in total. The number of nitrogens with two attached hydrogens (primary N) is 2. The number of halogens is 1. The molecule has 0 aromatic heterocycles. The Morgan fingerprint density at radius 3 is 2.71 bits per heavy atom. The number of aliphatic imine (C=N–C) groups is 1. The van der Waals surface area contributed by atoms with Crippen molar-refractivity contribution in [1.29, 1.82) is 0 Å². The van der Waals surface area contributed by atoms with Crippen LogP contribution in [0.25, 0.3) is 0 Å². The molecule has 4 nitrogen and oxygen atoms in total. The Bertz CT molecular complexity index is 397. The standard InChI is InChI=1S/C12H17ClN4/c13-10-1-3-11(4-2-10)17-6-5-9(8-17)7-16-12(14)15/h1-4,9H,5-8H2,(H4,14,15,16). The molecule has 1 saturated heterocycles. The van der Waals surface area contributed by atoms with Gasteiger partial charge in [-0.2, -0.15) is 0 Å². The second-order valence-corrected chi connectivity index (χ2v) is 4.78. The van der Waals surface area contributed by atoms with Crippen LogP contribution in [0.4, 0.5) is 5.69 Å². The Morgan fingerprint density at radius 2 is 2.06 bits per heavy atom. The van der Waals surface area contributed by atoms with E-state index in [1.165, 1.54) is 5.69 Å². The maximum atomic E-state index is 5.87. The number of guanidine groups is 1. The number of hydrogen-bond acceptors (Lipinski definition) is 2.